The van der Waals surface area contributed by atoms with Gasteiger partial charge in [-0.25, -0.2) is 0 Å². The fraction of sp³-hybridized carbons (Fsp3) is 0.625. The molecule has 0 amide bonds. The molecule has 0 aliphatic carbocycles. The maximum absolute atomic E-state index is 10.3. The summed E-state index contributed by atoms with van der Waals surface area (Å²) < 4.78 is 3.89. The van der Waals surface area contributed by atoms with Crippen molar-refractivity contribution in [3.05, 3.63) is 34.9 Å². The first-order valence-corrected chi connectivity index (χ1v) is 7.84. The van der Waals surface area contributed by atoms with Gasteiger partial charge in [0, 0.05) is 31.0 Å². The van der Waals surface area contributed by atoms with Gasteiger partial charge in [-0.2, -0.15) is 10.2 Å². The van der Waals surface area contributed by atoms with Gasteiger partial charge in [0.2, 0.25) is 0 Å². The lowest BCUT2D eigenvalue weighted by molar-refractivity contribution is 0.171. The number of aliphatic hydroxyl groups is 1. The number of hydrogen-bond acceptors (Lipinski definition) is 3. The number of aryl methyl sites for hydroxylation is 4. The fourth-order valence-corrected chi connectivity index (χ4v) is 2.81. The Bertz CT molecular complexity index is 585. The van der Waals surface area contributed by atoms with Gasteiger partial charge in [0.25, 0.3) is 0 Å². The maximum Gasteiger partial charge on any atom is 0.0823 e. The molecule has 0 saturated carbocycles. The number of hydrogen-bond donors (Lipinski definition) is 1. The van der Waals surface area contributed by atoms with Crippen molar-refractivity contribution in [2.45, 2.75) is 59.1 Å². The van der Waals surface area contributed by atoms with Crippen LogP contribution in [-0.2, 0) is 32.9 Å². The molecule has 5 nitrogen and oxygen atoms in total. The zero-order valence-corrected chi connectivity index (χ0v) is 13.5. The molecule has 2 aromatic rings. The Morgan fingerprint density at radius 1 is 1.24 bits per heavy atom. The van der Waals surface area contributed by atoms with Gasteiger partial charge in [-0.1, -0.05) is 20.8 Å². The smallest absolute Gasteiger partial charge is 0.0823 e. The Balaban J connectivity index is 2.24. The molecule has 2 heterocycles. The van der Waals surface area contributed by atoms with Crippen molar-refractivity contribution in [3.8, 4) is 0 Å². The van der Waals surface area contributed by atoms with E-state index in [2.05, 4.69) is 23.6 Å². The molecular formula is C16H26N4O. The summed E-state index contributed by atoms with van der Waals surface area (Å²) in [6.07, 6.45) is 6.94. The van der Waals surface area contributed by atoms with Crippen LogP contribution in [0.15, 0.2) is 12.4 Å². The fourth-order valence-electron chi connectivity index (χ4n) is 2.81. The van der Waals surface area contributed by atoms with Crippen molar-refractivity contribution in [3.63, 3.8) is 0 Å². The van der Waals surface area contributed by atoms with Crippen molar-refractivity contribution in [2.75, 3.05) is 0 Å². The number of nitrogens with zero attached hydrogens (tertiary/aromatic N) is 4. The summed E-state index contributed by atoms with van der Waals surface area (Å²) >= 11 is 0. The second-order valence-corrected chi connectivity index (χ2v) is 5.43. The highest BCUT2D eigenvalue weighted by Gasteiger charge is 2.20. The van der Waals surface area contributed by atoms with E-state index in [1.165, 1.54) is 11.3 Å². The molecule has 116 valence electrons. The third-order valence-electron chi connectivity index (χ3n) is 3.94. The molecule has 2 rings (SSSR count). The van der Waals surface area contributed by atoms with E-state index < -0.39 is 6.10 Å². The molecule has 1 unspecified atom stereocenters. The monoisotopic (exact) mass is 290 g/mol. The van der Waals surface area contributed by atoms with Crippen molar-refractivity contribution in [1.82, 2.24) is 19.6 Å². The summed E-state index contributed by atoms with van der Waals surface area (Å²) in [6.45, 7) is 7.07. The first-order chi connectivity index (χ1) is 10.1. The molecule has 0 aromatic carbocycles. The summed E-state index contributed by atoms with van der Waals surface area (Å²) in [5, 5.41) is 19.2. The Kier molecular flexibility index (Phi) is 5.17. The van der Waals surface area contributed by atoms with Gasteiger partial charge in [0.15, 0.2) is 0 Å². The minimum absolute atomic E-state index is 0.401. The first kappa shape index (κ1) is 15.8. The van der Waals surface area contributed by atoms with Gasteiger partial charge in [-0.05, 0) is 31.2 Å². The zero-order valence-electron chi connectivity index (χ0n) is 13.5. The molecule has 0 fully saturated rings. The van der Waals surface area contributed by atoms with Crippen LogP contribution in [0.5, 0.6) is 0 Å². The van der Waals surface area contributed by atoms with Gasteiger partial charge in [-0.3, -0.25) is 9.36 Å². The number of aliphatic hydroxyl groups excluding tert-OH is 1. The van der Waals surface area contributed by atoms with Crippen LogP contribution in [0.2, 0.25) is 0 Å². The minimum Gasteiger partial charge on any atom is -0.388 e. The molecular weight excluding hydrogens is 264 g/mol. The average Bonchev–Trinajstić information content (AvgIpc) is 3.06. The number of rotatable bonds is 7. The Hall–Kier alpha value is -1.62. The average molecular weight is 290 g/mol. The van der Waals surface area contributed by atoms with Gasteiger partial charge < -0.3 is 5.11 Å². The molecule has 0 aliphatic rings. The maximum atomic E-state index is 10.3. The predicted octanol–water partition coefficient (Wildman–Crippen LogP) is 2.43. The Labute approximate surface area is 126 Å². The highest BCUT2D eigenvalue weighted by atomic mass is 16.3. The second-order valence-electron chi connectivity index (χ2n) is 5.43. The van der Waals surface area contributed by atoms with E-state index in [-0.39, 0.29) is 0 Å². The second kappa shape index (κ2) is 6.89. The van der Waals surface area contributed by atoms with Crippen LogP contribution >= 0.6 is 0 Å². The van der Waals surface area contributed by atoms with Crippen molar-refractivity contribution < 1.29 is 5.11 Å². The summed E-state index contributed by atoms with van der Waals surface area (Å²) in [4.78, 5) is 0. The highest BCUT2D eigenvalue weighted by molar-refractivity contribution is 5.29. The first-order valence-electron chi connectivity index (χ1n) is 7.84. The molecule has 0 radical (unpaired) electrons. The summed E-state index contributed by atoms with van der Waals surface area (Å²) in [6, 6.07) is 0. The third-order valence-corrected chi connectivity index (χ3v) is 3.94. The van der Waals surface area contributed by atoms with Crippen LogP contribution < -0.4 is 0 Å². The van der Waals surface area contributed by atoms with Crippen LogP contribution in [-0.4, -0.2) is 24.7 Å². The molecule has 2 aromatic heterocycles. The molecule has 1 N–H and O–H groups in total. The molecule has 0 bridgehead atoms. The van der Waals surface area contributed by atoms with Crippen molar-refractivity contribution >= 4 is 0 Å². The van der Waals surface area contributed by atoms with Gasteiger partial charge in [0.05, 0.1) is 18.0 Å². The summed E-state index contributed by atoms with van der Waals surface area (Å²) in [7, 11) is 1.93. The third kappa shape index (κ3) is 3.35. The molecule has 0 aliphatic heterocycles. The largest absolute Gasteiger partial charge is 0.388 e. The van der Waals surface area contributed by atoms with E-state index in [1.54, 1.807) is 0 Å². The summed E-state index contributed by atoms with van der Waals surface area (Å²) in [5.74, 6) is 0. The molecule has 5 heteroatoms. The van der Waals surface area contributed by atoms with Crippen LogP contribution in [0.25, 0.3) is 0 Å². The molecule has 0 saturated heterocycles. The Morgan fingerprint density at radius 2 is 2.00 bits per heavy atom. The summed E-state index contributed by atoms with van der Waals surface area (Å²) in [5.41, 5.74) is 4.47. The van der Waals surface area contributed by atoms with E-state index in [0.717, 1.165) is 43.5 Å². The van der Waals surface area contributed by atoms with E-state index in [0.29, 0.717) is 0 Å². The lowest BCUT2D eigenvalue weighted by atomic mass is 10.0. The highest BCUT2D eigenvalue weighted by Crippen LogP contribution is 2.26. The van der Waals surface area contributed by atoms with E-state index in [9.17, 15) is 5.11 Å². The minimum atomic E-state index is -0.401. The lowest BCUT2D eigenvalue weighted by Gasteiger charge is -2.11. The van der Waals surface area contributed by atoms with E-state index in [1.807, 2.05) is 31.0 Å². The predicted molar refractivity (Wildman–Crippen MR) is 83.1 cm³/mol. The normalized spacial score (nSPS) is 12.8. The van der Waals surface area contributed by atoms with E-state index >= 15 is 0 Å². The van der Waals surface area contributed by atoms with Gasteiger partial charge >= 0.3 is 0 Å². The molecule has 1 atom stereocenters. The van der Waals surface area contributed by atoms with Crippen molar-refractivity contribution in [1.29, 1.82) is 0 Å². The molecule has 0 spiro atoms. The Morgan fingerprint density at radius 3 is 2.52 bits per heavy atom. The zero-order chi connectivity index (χ0) is 15.4. The van der Waals surface area contributed by atoms with Crippen molar-refractivity contribution in [2.24, 2.45) is 7.05 Å². The quantitative estimate of drug-likeness (QED) is 0.852. The van der Waals surface area contributed by atoms with Crippen LogP contribution in [0.4, 0.5) is 0 Å². The lowest BCUT2D eigenvalue weighted by Crippen LogP contribution is -2.08. The topological polar surface area (TPSA) is 55.9 Å². The molecule has 21 heavy (non-hydrogen) atoms. The SMILES string of the molecule is CCc1nn(CCc2cnn(C)c2)c(CC)c1C(O)CC. The van der Waals surface area contributed by atoms with Crippen LogP contribution in [0.1, 0.15) is 55.8 Å². The number of aromatic nitrogens is 4. The van der Waals surface area contributed by atoms with Crippen LogP contribution in [0.3, 0.4) is 0 Å². The standard InChI is InChI=1S/C16H26N4O/c1-5-13-16(15(21)7-3)14(6-2)20(18-13)9-8-12-10-17-19(4)11-12/h10-11,15,21H,5-9H2,1-4H3. The van der Waals surface area contributed by atoms with Gasteiger partial charge in [-0.15, -0.1) is 0 Å². The van der Waals surface area contributed by atoms with Gasteiger partial charge in [0.1, 0.15) is 0 Å². The van der Waals surface area contributed by atoms with E-state index in [4.69, 9.17) is 5.10 Å². The van der Waals surface area contributed by atoms with Crippen LogP contribution in [0, 0.1) is 0 Å².